The van der Waals surface area contributed by atoms with E-state index < -0.39 is 0 Å². The van der Waals surface area contributed by atoms with Crippen LogP contribution in [0, 0.1) is 27.6 Å². The molecule has 192 valence electrons. The molecule has 2 atom stereocenters. The van der Waals surface area contributed by atoms with Gasteiger partial charge in [-0.3, -0.25) is 4.57 Å². The molecule has 1 aromatic rings. The molecule has 0 radical (unpaired) electrons. The Morgan fingerprint density at radius 1 is 1.00 bits per heavy atom. The predicted molar refractivity (Wildman–Crippen MR) is 141 cm³/mol. The van der Waals surface area contributed by atoms with E-state index >= 15 is 0 Å². The minimum atomic E-state index is -0.348. The van der Waals surface area contributed by atoms with E-state index in [0.29, 0.717) is 25.5 Å². The third kappa shape index (κ3) is 6.51. The lowest BCUT2D eigenvalue weighted by atomic mass is 9.50. The van der Waals surface area contributed by atoms with Gasteiger partial charge in [-0.1, -0.05) is 89.7 Å². The molecule has 0 spiro atoms. The SMILES string of the molecule is C=COCCCn1c(O)cc(C(C)(CC(C)(C)C(C)(C)C(C)CC(C)(C)C)C(C)(C)C)c1O. The van der Waals surface area contributed by atoms with Gasteiger partial charge in [-0.25, -0.2) is 0 Å². The third-order valence-electron chi connectivity index (χ3n) is 8.75. The van der Waals surface area contributed by atoms with Crippen LogP contribution in [0.4, 0.5) is 0 Å². The zero-order chi connectivity index (χ0) is 26.0. The molecule has 0 saturated heterocycles. The first-order chi connectivity index (χ1) is 14.7. The number of aromatic hydroxyl groups is 2. The Balaban J connectivity index is 3.41. The molecule has 1 aromatic heterocycles. The standard InChI is InChI=1S/C29H53NO3/c1-14-33-17-15-16-30-23(31)18-22(24(30)32)29(13,26(6,7)8)20-27(9,10)28(11,12)21(2)19-25(3,4)5/h14,18,21,31-32H,1,15-17,19-20H2,2-13H3. The summed E-state index contributed by atoms with van der Waals surface area (Å²) in [5.41, 5.74) is 0.687. The number of hydrogen-bond donors (Lipinski definition) is 2. The molecule has 1 rings (SSSR count). The topological polar surface area (TPSA) is 54.6 Å². The van der Waals surface area contributed by atoms with Gasteiger partial charge in [0.25, 0.3) is 0 Å². The molecule has 0 amide bonds. The molecule has 0 bridgehead atoms. The number of ether oxygens (including phenoxy) is 1. The monoisotopic (exact) mass is 463 g/mol. The highest BCUT2D eigenvalue weighted by molar-refractivity contribution is 5.42. The minimum Gasteiger partial charge on any atom is -0.502 e. The number of rotatable bonds is 11. The maximum absolute atomic E-state index is 11.3. The number of hydrogen-bond acceptors (Lipinski definition) is 3. The highest BCUT2D eigenvalue weighted by Gasteiger charge is 2.51. The van der Waals surface area contributed by atoms with E-state index in [4.69, 9.17) is 4.74 Å². The van der Waals surface area contributed by atoms with Crippen LogP contribution in [0.15, 0.2) is 18.9 Å². The van der Waals surface area contributed by atoms with Gasteiger partial charge in [0.2, 0.25) is 0 Å². The summed E-state index contributed by atoms with van der Waals surface area (Å²) in [6, 6.07) is 1.77. The summed E-state index contributed by atoms with van der Waals surface area (Å²) in [5, 5.41) is 22.0. The lowest BCUT2D eigenvalue weighted by Gasteiger charge is -2.54. The summed E-state index contributed by atoms with van der Waals surface area (Å²) in [6.07, 6.45) is 4.14. The number of nitrogens with zero attached hydrogens (tertiary/aromatic N) is 1. The maximum atomic E-state index is 11.3. The van der Waals surface area contributed by atoms with Crippen molar-refractivity contribution in [3.8, 4) is 11.8 Å². The van der Waals surface area contributed by atoms with Gasteiger partial charge in [0.15, 0.2) is 11.8 Å². The van der Waals surface area contributed by atoms with Crippen LogP contribution in [0.25, 0.3) is 0 Å². The largest absolute Gasteiger partial charge is 0.502 e. The molecule has 2 N–H and O–H groups in total. The summed E-state index contributed by atoms with van der Waals surface area (Å²) >= 11 is 0. The van der Waals surface area contributed by atoms with E-state index in [1.165, 1.54) is 6.26 Å². The molecule has 33 heavy (non-hydrogen) atoms. The van der Waals surface area contributed by atoms with E-state index in [9.17, 15) is 10.2 Å². The van der Waals surface area contributed by atoms with Crippen LogP contribution in [0.1, 0.15) is 108 Å². The molecule has 4 nitrogen and oxygen atoms in total. The molecule has 0 fully saturated rings. The lowest BCUT2D eigenvalue weighted by molar-refractivity contribution is -0.0146. The van der Waals surface area contributed by atoms with Crippen molar-refractivity contribution in [3.63, 3.8) is 0 Å². The van der Waals surface area contributed by atoms with Crippen molar-refractivity contribution in [1.82, 2.24) is 4.57 Å². The van der Waals surface area contributed by atoms with E-state index in [0.717, 1.165) is 18.4 Å². The van der Waals surface area contributed by atoms with Crippen LogP contribution in [0.3, 0.4) is 0 Å². The van der Waals surface area contributed by atoms with Gasteiger partial charge < -0.3 is 14.9 Å². The Morgan fingerprint density at radius 2 is 1.55 bits per heavy atom. The fourth-order valence-electron chi connectivity index (χ4n) is 5.26. The second kappa shape index (κ2) is 9.96. The minimum absolute atomic E-state index is 0.0122. The van der Waals surface area contributed by atoms with Crippen molar-refractivity contribution in [3.05, 3.63) is 24.5 Å². The molecular weight excluding hydrogens is 410 g/mol. The summed E-state index contributed by atoms with van der Waals surface area (Å²) in [6.45, 7) is 32.4. The Hall–Kier alpha value is -1.58. The van der Waals surface area contributed by atoms with Crippen molar-refractivity contribution in [2.75, 3.05) is 6.61 Å². The Kier molecular flexibility index (Phi) is 8.89. The van der Waals surface area contributed by atoms with Crippen LogP contribution >= 0.6 is 0 Å². The second-order valence-corrected chi connectivity index (χ2v) is 13.8. The maximum Gasteiger partial charge on any atom is 0.197 e. The Bertz CT molecular complexity index is 789. The van der Waals surface area contributed by atoms with Crippen LogP contribution < -0.4 is 0 Å². The molecular formula is C29H53NO3. The second-order valence-electron chi connectivity index (χ2n) is 13.8. The fraction of sp³-hybridized carbons (Fsp3) is 0.793. The molecule has 0 aliphatic heterocycles. The molecule has 0 aromatic carbocycles. The van der Waals surface area contributed by atoms with Crippen molar-refractivity contribution in [1.29, 1.82) is 0 Å². The van der Waals surface area contributed by atoms with Gasteiger partial charge in [-0.15, -0.1) is 0 Å². The van der Waals surface area contributed by atoms with Crippen LogP contribution in [0.5, 0.6) is 11.8 Å². The quantitative estimate of drug-likeness (QED) is 0.256. The first kappa shape index (κ1) is 29.5. The molecule has 1 heterocycles. The van der Waals surface area contributed by atoms with Gasteiger partial charge in [-0.2, -0.15) is 0 Å². The van der Waals surface area contributed by atoms with Crippen LogP contribution in [-0.2, 0) is 16.7 Å². The van der Waals surface area contributed by atoms with Crippen molar-refractivity contribution >= 4 is 0 Å². The van der Waals surface area contributed by atoms with Gasteiger partial charge in [0, 0.05) is 23.6 Å². The normalized spacial score (nSPS) is 16.4. The van der Waals surface area contributed by atoms with Gasteiger partial charge >= 0.3 is 0 Å². The Labute approximate surface area is 204 Å². The van der Waals surface area contributed by atoms with Crippen molar-refractivity contribution < 1.29 is 14.9 Å². The van der Waals surface area contributed by atoms with Crippen molar-refractivity contribution in [2.45, 2.75) is 114 Å². The molecule has 0 saturated carbocycles. The summed E-state index contributed by atoms with van der Waals surface area (Å²) < 4.78 is 6.81. The summed E-state index contributed by atoms with van der Waals surface area (Å²) in [5.74, 6) is 0.808. The third-order valence-corrected chi connectivity index (χ3v) is 8.75. The van der Waals surface area contributed by atoms with Gasteiger partial charge in [0.05, 0.1) is 12.9 Å². The van der Waals surface area contributed by atoms with Gasteiger partial charge in [0.1, 0.15) is 0 Å². The molecule has 0 aliphatic carbocycles. The van der Waals surface area contributed by atoms with Crippen LogP contribution in [-0.4, -0.2) is 21.4 Å². The lowest BCUT2D eigenvalue weighted by Crippen LogP contribution is -2.47. The van der Waals surface area contributed by atoms with Gasteiger partial charge in [-0.05, 0) is 46.8 Å². The average molecular weight is 464 g/mol. The zero-order valence-electron chi connectivity index (χ0n) is 23.7. The predicted octanol–water partition coefficient (Wildman–Crippen LogP) is 8.27. The summed E-state index contributed by atoms with van der Waals surface area (Å²) in [4.78, 5) is 0. The molecule has 2 unspecified atom stereocenters. The smallest absolute Gasteiger partial charge is 0.197 e. The van der Waals surface area contributed by atoms with E-state index in [1.807, 2.05) is 0 Å². The highest BCUT2D eigenvalue weighted by atomic mass is 16.5. The summed E-state index contributed by atoms with van der Waals surface area (Å²) in [7, 11) is 0. The first-order valence-electron chi connectivity index (χ1n) is 12.6. The Morgan fingerprint density at radius 3 is 2.00 bits per heavy atom. The molecule has 4 heteroatoms. The van der Waals surface area contributed by atoms with Crippen molar-refractivity contribution in [2.24, 2.45) is 27.6 Å². The average Bonchev–Trinajstić information content (AvgIpc) is 2.90. The molecule has 0 aliphatic rings. The van der Waals surface area contributed by atoms with E-state index in [1.54, 1.807) is 10.6 Å². The first-order valence-corrected chi connectivity index (χ1v) is 12.6. The fourth-order valence-corrected chi connectivity index (χ4v) is 5.26. The van der Waals surface area contributed by atoms with E-state index in [2.05, 4.69) is 89.7 Å². The zero-order valence-corrected chi connectivity index (χ0v) is 23.7. The van der Waals surface area contributed by atoms with Crippen LogP contribution in [0.2, 0.25) is 0 Å². The van der Waals surface area contributed by atoms with E-state index in [-0.39, 0.29) is 38.8 Å². The highest BCUT2D eigenvalue weighted by Crippen LogP contribution is 2.58. The number of aromatic nitrogens is 1.